The molecule has 1 aromatic heterocycles. The number of rotatable bonds is 6. The van der Waals surface area contributed by atoms with E-state index in [-0.39, 0.29) is 13.5 Å². The van der Waals surface area contributed by atoms with Gasteiger partial charge in [-0.15, -0.1) is 0 Å². The Morgan fingerprint density at radius 3 is 2.10 bits per heavy atom. The Labute approximate surface area is 200 Å². The summed E-state index contributed by atoms with van der Waals surface area (Å²) in [4.78, 5) is 0. The molecule has 4 rings (SSSR count). The number of para-hydroxylation sites is 2. The van der Waals surface area contributed by atoms with Gasteiger partial charge in [0.25, 0.3) is 0 Å². The number of ether oxygens (including phenoxy) is 2. The number of nitrogens with two attached hydrogens (primary N) is 1. The maximum atomic E-state index is 6.47. The molecule has 9 heteroatoms. The van der Waals surface area contributed by atoms with E-state index in [9.17, 15) is 0 Å². The summed E-state index contributed by atoms with van der Waals surface area (Å²) in [5.74, 6) is 1.85. The maximum absolute atomic E-state index is 6.47. The van der Waals surface area contributed by atoms with Crippen molar-refractivity contribution in [1.29, 1.82) is 0 Å². The van der Waals surface area contributed by atoms with E-state index in [4.69, 9.17) is 38.4 Å². The molecule has 0 saturated carbocycles. The number of nitrogen functional groups attached to an aromatic ring is 1. The molecule has 0 bridgehead atoms. The van der Waals surface area contributed by atoms with Gasteiger partial charge in [-0.2, -0.15) is 9.13 Å². The van der Waals surface area contributed by atoms with Crippen molar-refractivity contribution in [3.63, 3.8) is 0 Å². The van der Waals surface area contributed by atoms with Crippen molar-refractivity contribution in [1.82, 2.24) is 4.57 Å². The molecule has 0 spiro atoms. The van der Waals surface area contributed by atoms with Crippen LogP contribution in [0.3, 0.4) is 0 Å². The van der Waals surface area contributed by atoms with Crippen LogP contribution in [0.4, 0.5) is 5.95 Å². The fraction of sp³-hybridized carbons (Fsp3) is 0.0952. The Morgan fingerprint density at radius 2 is 1.47 bits per heavy atom. The molecule has 0 atom stereocenters. The molecule has 2 N–H and O–H groups in total. The van der Waals surface area contributed by atoms with Gasteiger partial charge < -0.3 is 9.47 Å². The Morgan fingerprint density at radius 1 is 0.867 bits per heavy atom. The van der Waals surface area contributed by atoms with E-state index in [1.165, 1.54) is 0 Å². The van der Waals surface area contributed by atoms with E-state index in [2.05, 4.69) is 31.9 Å². The van der Waals surface area contributed by atoms with Crippen molar-refractivity contribution >= 4 is 72.0 Å². The van der Waals surface area contributed by atoms with Gasteiger partial charge in [0.05, 0.1) is 8.95 Å². The second-order valence-corrected chi connectivity index (χ2v) is 8.98. The highest BCUT2D eigenvalue weighted by Gasteiger charge is 2.22. The van der Waals surface area contributed by atoms with Crippen LogP contribution in [0.2, 0.25) is 10.0 Å². The van der Waals surface area contributed by atoms with E-state index < -0.39 is 0 Å². The smallest absolute Gasteiger partial charge is 0.361 e. The number of nitrogens with zero attached hydrogens (tertiary/aromatic N) is 2. The largest absolute Gasteiger partial charge is 0.459 e. The molecule has 0 amide bonds. The molecular formula is C21H16Br2Cl2N3O2+. The lowest BCUT2D eigenvalue weighted by Crippen LogP contribution is -2.39. The van der Waals surface area contributed by atoms with Crippen molar-refractivity contribution < 1.29 is 14.0 Å². The summed E-state index contributed by atoms with van der Waals surface area (Å²) in [6.45, 7) is 0.453. The molecule has 3 aromatic carbocycles. The van der Waals surface area contributed by atoms with Crippen molar-refractivity contribution in [3.8, 4) is 11.5 Å². The topological polar surface area (TPSA) is 53.3 Å². The van der Waals surface area contributed by atoms with Crippen LogP contribution in [-0.4, -0.2) is 4.57 Å². The van der Waals surface area contributed by atoms with Crippen LogP contribution < -0.4 is 19.8 Å². The van der Waals surface area contributed by atoms with E-state index in [1.807, 2.05) is 45.5 Å². The summed E-state index contributed by atoms with van der Waals surface area (Å²) >= 11 is 18.9. The van der Waals surface area contributed by atoms with Gasteiger partial charge in [0.15, 0.2) is 0 Å². The Balaban J connectivity index is 1.62. The molecule has 0 fully saturated rings. The molecule has 0 aliphatic rings. The van der Waals surface area contributed by atoms with Gasteiger partial charge in [-0.25, -0.2) is 0 Å². The number of fused-ring (bicyclic) bond motifs is 1. The first-order chi connectivity index (χ1) is 14.4. The third-order valence-electron chi connectivity index (χ3n) is 4.50. The molecule has 30 heavy (non-hydrogen) atoms. The van der Waals surface area contributed by atoms with Crippen molar-refractivity contribution in [3.05, 3.63) is 79.7 Å². The quantitative estimate of drug-likeness (QED) is 0.271. The van der Waals surface area contributed by atoms with Crippen molar-refractivity contribution in [2.75, 3.05) is 5.73 Å². The number of halogens is 4. The van der Waals surface area contributed by atoms with Gasteiger partial charge in [0.1, 0.15) is 22.5 Å². The monoisotopic (exact) mass is 570 g/mol. The fourth-order valence-electron chi connectivity index (χ4n) is 3.04. The zero-order valence-electron chi connectivity index (χ0n) is 15.5. The fourth-order valence-corrected chi connectivity index (χ4v) is 4.63. The number of imidazole rings is 1. The molecule has 0 aliphatic carbocycles. The summed E-state index contributed by atoms with van der Waals surface area (Å²) in [5.41, 5.74) is 8.33. The van der Waals surface area contributed by atoms with Crippen LogP contribution in [0.15, 0.2) is 69.6 Å². The average molecular weight is 573 g/mol. The lowest BCUT2D eigenvalue weighted by Gasteiger charge is -2.09. The van der Waals surface area contributed by atoms with Crippen LogP contribution >= 0.6 is 55.1 Å². The standard InChI is InChI=1S/C21H15Br2Cl2N3O2/c22-15-9-13(24)5-7-19(15)29-11-27-17-3-1-2-4-18(17)28(21(27)26)12-30-20-8-6-14(25)10-16(20)23/h1-10,26H,11-12H2/p+1. The van der Waals surface area contributed by atoms with Gasteiger partial charge in [-0.1, -0.05) is 35.3 Å². The normalized spacial score (nSPS) is 11.1. The highest BCUT2D eigenvalue weighted by molar-refractivity contribution is 9.10. The molecule has 0 aliphatic heterocycles. The lowest BCUT2D eigenvalue weighted by atomic mass is 10.3. The number of hydrogen-bond acceptors (Lipinski definition) is 3. The first kappa shape index (κ1) is 21.3. The first-order valence-corrected chi connectivity index (χ1v) is 11.2. The van der Waals surface area contributed by atoms with E-state index >= 15 is 0 Å². The number of hydrogen-bond donors (Lipinski definition) is 1. The van der Waals surface area contributed by atoms with Gasteiger partial charge in [0, 0.05) is 10.0 Å². The Bertz CT molecular complexity index is 1140. The first-order valence-electron chi connectivity index (χ1n) is 8.86. The summed E-state index contributed by atoms with van der Waals surface area (Å²) in [5, 5.41) is 1.26. The number of benzene rings is 3. The molecule has 154 valence electrons. The minimum absolute atomic E-state index is 0.226. The molecule has 0 unspecified atom stereocenters. The number of anilines is 1. The van der Waals surface area contributed by atoms with Gasteiger partial charge in [-0.05, 0) is 80.4 Å². The van der Waals surface area contributed by atoms with E-state index in [0.717, 1.165) is 20.0 Å². The molecular weight excluding hydrogens is 557 g/mol. The SMILES string of the molecule is Nc1n(COc2ccc(Cl)cc2Br)c2ccccc2[n+]1COc1ccc(Cl)cc1Br. The van der Waals surface area contributed by atoms with Crippen LogP contribution in [0.5, 0.6) is 11.5 Å². The Hall–Kier alpha value is -1.93. The van der Waals surface area contributed by atoms with Crippen LogP contribution in [0.25, 0.3) is 11.0 Å². The summed E-state index contributed by atoms with van der Waals surface area (Å²) in [6, 6.07) is 18.6. The third kappa shape index (κ3) is 4.39. The van der Waals surface area contributed by atoms with Crippen molar-refractivity contribution in [2.24, 2.45) is 0 Å². The average Bonchev–Trinajstić information content (AvgIpc) is 2.98. The van der Waals surface area contributed by atoms with E-state index in [0.29, 0.717) is 27.5 Å². The Kier molecular flexibility index (Phi) is 6.43. The zero-order valence-corrected chi connectivity index (χ0v) is 20.2. The lowest BCUT2D eigenvalue weighted by molar-refractivity contribution is -0.687. The molecule has 5 nitrogen and oxygen atoms in total. The predicted molar refractivity (Wildman–Crippen MR) is 126 cm³/mol. The second kappa shape index (κ2) is 9.06. The summed E-state index contributed by atoms with van der Waals surface area (Å²) in [7, 11) is 0. The molecule has 1 heterocycles. The second-order valence-electron chi connectivity index (χ2n) is 6.40. The maximum Gasteiger partial charge on any atom is 0.361 e. The van der Waals surface area contributed by atoms with Gasteiger partial charge in [0.2, 0.25) is 13.5 Å². The van der Waals surface area contributed by atoms with Crippen LogP contribution in [-0.2, 0) is 13.5 Å². The van der Waals surface area contributed by atoms with Crippen molar-refractivity contribution in [2.45, 2.75) is 13.5 Å². The van der Waals surface area contributed by atoms with Crippen LogP contribution in [0, 0.1) is 0 Å². The number of aromatic nitrogens is 2. The summed E-state index contributed by atoms with van der Waals surface area (Å²) < 4.78 is 17.3. The van der Waals surface area contributed by atoms with Crippen LogP contribution in [0.1, 0.15) is 0 Å². The molecule has 0 saturated heterocycles. The minimum Gasteiger partial charge on any atom is -0.459 e. The highest BCUT2D eigenvalue weighted by atomic mass is 79.9. The summed E-state index contributed by atoms with van der Waals surface area (Å²) in [6.07, 6.45) is 0. The highest BCUT2D eigenvalue weighted by Crippen LogP contribution is 2.30. The predicted octanol–water partition coefficient (Wildman–Crippen LogP) is 6.42. The van der Waals surface area contributed by atoms with Gasteiger partial charge in [-0.3, -0.25) is 5.73 Å². The van der Waals surface area contributed by atoms with E-state index in [1.54, 1.807) is 24.3 Å². The third-order valence-corrected chi connectivity index (χ3v) is 6.21. The van der Waals surface area contributed by atoms with Gasteiger partial charge >= 0.3 is 5.95 Å². The minimum atomic E-state index is 0.226. The molecule has 0 radical (unpaired) electrons. The zero-order chi connectivity index (χ0) is 21.3. The molecule has 4 aromatic rings.